The van der Waals surface area contributed by atoms with Crippen molar-refractivity contribution in [3.63, 3.8) is 0 Å². The Kier molecular flexibility index (Phi) is 7.17. The molecule has 0 radical (unpaired) electrons. The number of sulfonamides is 1. The molecule has 12 heteroatoms. The van der Waals surface area contributed by atoms with E-state index < -0.39 is 10.0 Å². The Morgan fingerprint density at radius 1 is 0.914 bits per heavy atom. The van der Waals surface area contributed by atoms with E-state index in [4.69, 9.17) is 0 Å². The Labute approximate surface area is 210 Å². The summed E-state index contributed by atoms with van der Waals surface area (Å²) in [5, 5.41) is 0.798. The fourth-order valence-electron chi connectivity index (χ4n) is 4.39. The number of piperazine rings is 2. The van der Waals surface area contributed by atoms with Gasteiger partial charge in [-0.1, -0.05) is 17.4 Å². The molecule has 0 amide bonds. The molecule has 35 heavy (non-hydrogen) atoms. The maximum Gasteiger partial charge on any atom is 0.254 e. The summed E-state index contributed by atoms with van der Waals surface area (Å²) in [5.74, 6) is 0. The first-order valence-electron chi connectivity index (χ1n) is 11.9. The summed E-state index contributed by atoms with van der Waals surface area (Å²) < 4.78 is 30.6. The van der Waals surface area contributed by atoms with E-state index in [0.717, 1.165) is 54.8 Å². The van der Waals surface area contributed by atoms with Crippen LogP contribution in [0, 0.1) is 6.92 Å². The van der Waals surface area contributed by atoms with Crippen LogP contribution < -0.4 is 4.90 Å². The van der Waals surface area contributed by atoms with E-state index in [0.29, 0.717) is 36.9 Å². The van der Waals surface area contributed by atoms with Gasteiger partial charge in [-0.25, -0.2) is 18.4 Å². The zero-order chi connectivity index (χ0) is 24.4. The molecule has 0 saturated carbocycles. The molecule has 0 unspecified atom stereocenters. The third kappa shape index (κ3) is 5.56. The van der Waals surface area contributed by atoms with Crippen LogP contribution in [0.3, 0.4) is 0 Å². The lowest BCUT2D eigenvalue weighted by atomic mass is 10.2. The highest BCUT2D eigenvalue weighted by Gasteiger charge is 2.31. The zero-order valence-electron chi connectivity index (χ0n) is 20.2. The maximum absolute atomic E-state index is 13.3. The quantitative estimate of drug-likeness (QED) is 0.465. The van der Waals surface area contributed by atoms with Crippen LogP contribution in [0.1, 0.15) is 17.0 Å². The predicted molar refractivity (Wildman–Crippen MR) is 136 cm³/mol. The molecule has 0 N–H and O–H groups in total. The number of pyridine rings is 1. The van der Waals surface area contributed by atoms with Gasteiger partial charge in [0, 0.05) is 71.3 Å². The second kappa shape index (κ2) is 10.3. The number of nitrogens with zero attached hydrogens (tertiary/aromatic N) is 8. The summed E-state index contributed by atoms with van der Waals surface area (Å²) in [6, 6.07) is 4.10. The number of rotatable bonds is 7. The van der Waals surface area contributed by atoms with Crippen molar-refractivity contribution < 1.29 is 8.42 Å². The van der Waals surface area contributed by atoms with Crippen LogP contribution in [0.5, 0.6) is 0 Å². The Hall–Kier alpha value is -2.38. The van der Waals surface area contributed by atoms with Crippen molar-refractivity contribution in [1.82, 2.24) is 33.6 Å². The lowest BCUT2D eigenvalue weighted by Crippen LogP contribution is -2.48. The first-order valence-corrected chi connectivity index (χ1v) is 14.2. The van der Waals surface area contributed by atoms with Crippen LogP contribution in [0.15, 0.2) is 41.3 Å². The second-order valence-corrected chi connectivity index (χ2v) is 12.4. The van der Waals surface area contributed by atoms with Gasteiger partial charge < -0.3 is 14.4 Å². The van der Waals surface area contributed by atoms with Gasteiger partial charge in [0.1, 0.15) is 0 Å². The molecule has 0 spiro atoms. The van der Waals surface area contributed by atoms with Crippen LogP contribution >= 0.6 is 11.3 Å². The predicted octanol–water partition coefficient (Wildman–Crippen LogP) is 1.35. The molecular formula is C23H32N8O2S2. The Bertz CT molecular complexity index is 1220. The van der Waals surface area contributed by atoms with E-state index >= 15 is 0 Å². The largest absolute Gasteiger partial charge is 0.345 e. The van der Waals surface area contributed by atoms with E-state index in [1.54, 1.807) is 4.31 Å². The van der Waals surface area contributed by atoms with Crippen LogP contribution in [-0.4, -0.2) is 101 Å². The highest BCUT2D eigenvalue weighted by molar-refractivity contribution is 7.91. The van der Waals surface area contributed by atoms with Crippen molar-refractivity contribution in [3.05, 3.63) is 54.0 Å². The Morgan fingerprint density at radius 2 is 1.69 bits per heavy atom. The van der Waals surface area contributed by atoms with Gasteiger partial charge in [0.25, 0.3) is 10.0 Å². The first-order chi connectivity index (χ1) is 16.9. The average Bonchev–Trinajstić information content (AvgIpc) is 3.52. The number of anilines is 1. The first kappa shape index (κ1) is 24.3. The van der Waals surface area contributed by atoms with E-state index in [-0.39, 0.29) is 0 Å². The van der Waals surface area contributed by atoms with Gasteiger partial charge in [-0.3, -0.25) is 9.88 Å². The molecule has 3 aromatic heterocycles. The van der Waals surface area contributed by atoms with E-state index in [1.165, 1.54) is 17.5 Å². The summed E-state index contributed by atoms with van der Waals surface area (Å²) >= 11 is 1.29. The number of hydrogen-bond donors (Lipinski definition) is 0. The topological polar surface area (TPSA) is 90.7 Å². The third-order valence-corrected chi connectivity index (χ3v) is 10.1. The molecule has 2 fully saturated rings. The lowest BCUT2D eigenvalue weighted by molar-refractivity contribution is 0.178. The summed E-state index contributed by atoms with van der Waals surface area (Å²) in [4.78, 5) is 20.0. The maximum atomic E-state index is 13.3. The molecule has 10 nitrogen and oxygen atoms in total. The minimum absolute atomic E-state index is 0.337. The molecule has 3 aromatic rings. The molecule has 2 aliphatic heterocycles. The minimum atomic E-state index is -3.53. The normalized spacial score (nSPS) is 18.9. The molecule has 5 rings (SSSR count). The third-order valence-electron chi connectivity index (χ3n) is 6.66. The number of hydrogen-bond acceptors (Lipinski definition) is 9. The van der Waals surface area contributed by atoms with Gasteiger partial charge in [0.15, 0.2) is 9.34 Å². The minimum Gasteiger partial charge on any atom is -0.345 e. The average molecular weight is 517 g/mol. The molecule has 2 aliphatic rings. The van der Waals surface area contributed by atoms with Gasteiger partial charge in [-0.2, -0.15) is 4.31 Å². The van der Waals surface area contributed by atoms with Crippen LogP contribution in [0.2, 0.25) is 0 Å². The number of aryl methyl sites for hydroxylation is 1. The monoisotopic (exact) mass is 516 g/mol. The smallest absolute Gasteiger partial charge is 0.254 e. The fourth-order valence-corrected chi connectivity index (χ4v) is 7.13. The Balaban J connectivity index is 1.17. The second-order valence-electron chi connectivity index (χ2n) is 9.27. The van der Waals surface area contributed by atoms with E-state index in [1.807, 2.05) is 31.7 Å². The van der Waals surface area contributed by atoms with Crippen molar-refractivity contribution in [2.45, 2.75) is 24.2 Å². The highest BCUT2D eigenvalue weighted by Crippen LogP contribution is 2.29. The Morgan fingerprint density at radius 3 is 2.40 bits per heavy atom. The molecule has 0 aromatic carbocycles. The van der Waals surface area contributed by atoms with Crippen molar-refractivity contribution >= 4 is 26.5 Å². The van der Waals surface area contributed by atoms with Crippen molar-refractivity contribution in [2.24, 2.45) is 0 Å². The van der Waals surface area contributed by atoms with Crippen LogP contribution in [-0.2, 0) is 23.1 Å². The molecule has 5 heterocycles. The number of imidazole rings is 1. The summed E-state index contributed by atoms with van der Waals surface area (Å²) in [7, 11) is -1.43. The summed E-state index contributed by atoms with van der Waals surface area (Å²) in [5.41, 5.74) is 3.23. The highest BCUT2D eigenvalue weighted by atomic mass is 32.2. The van der Waals surface area contributed by atoms with Crippen LogP contribution in [0.4, 0.5) is 5.13 Å². The number of thiazole rings is 1. The van der Waals surface area contributed by atoms with Gasteiger partial charge >= 0.3 is 0 Å². The summed E-state index contributed by atoms with van der Waals surface area (Å²) in [6.07, 6.45) is 7.12. The van der Waals surface area contributed by atoms with E-state index in [9.17, 15) is 8.42 Å². The molecular weight excluding hydrogens is 484 g/mol. The molecule has 0 atom stereocenters. The fraction of sp³-hybridized carbons (Fsp3) is 0.522. The standard InChI is InChI=1S/C23H32N8O2S2/c1-19-3-4-20(25-13-19)16-30-18-24-14-21(30)17-28-7-11-31(12-8-28)35(32,33)22-15-26-23(34-22)29-9-5-27(2)6-10-29/h3-4,13-15,18H,5-12,16-17H2,1-2H3. The molecule has 188 valence electrons. The molecule has 0 bridgehead atoms. The number of aromatic nitrogens is 4. The van der Waals surface area contributed by atoms with Crippen LogP contribution in [0.25, 0.3) is 0 Å². The zero-order valence-corrected chi connectivity index (χ0v) is 21.9. The number of likely N-dealkylation sites (N-methyl/N-ethyl adjacent to an activating group) is 1. The molecule has 2 saturated heterocycles. The van der Waals surface area contributed by atoms with Gasteiger partial charge in [-0.05, 0) is 25.6 Å². The van der Waals surface area contributed by atoms with Gasteiger partial charge in [0.2, 0.25) is 0 Å². The SMILES string of the molecule is Cc1ccc(Cn2cncc2CN2CCN(S(=O)(=O)c3cnc(N4CCN(C)CC4)s3)CC2)nc1. The van der Waals surface area contributed by atoms with Gasteiger partial charge in [0.05, 0.1) is 30.5 Å². The van der Waals surface area contributed by atoms with Gasteiger partial charge in [-0.15, -0.1) is 0 Å². The molecule has 0 aliphatic carbocycles. The van der Waals surface area contributed by atoms with Crippen molar-refractivity contribution in [1.29, 1.82) is 0 Å². The van der Waals surface area contributed by atoms with E-state index in [2.05, 4.69) is 47.3 Å². The lowest BCUT2D eigenvalue weighted by Gasteiger charge is -2.33. The van der Waals surface area contributed by atoms with Crippen molar-refractivity contribution in [3.8, 4) is 0 Å². The van der Waals surface area contributed by atoms with Crippen molar-refractivity contribution in [2.75, 3.05) is 64.3 Å². The summed E-state index contributed by atoms with van der Waals surface area (Å²) in [6.45, 7) is 9.40.